The quantitative estimate of drug-likeness (QED) is 0.438. The highest BCUT2D eigenvalue weighted by Crippen LogP contribution is 2.44. The third-order valence-electron chi connectivity index (χ3n) is 7.11. The third kappa shape index (κ3) is 4.82. The molecule has 2 aromatic rings. The van der Waals surface area contributed by atoms with Gasteiger partial charge in [0.05, 0.1) is 11.2 Å². The Kier molecular flexibility index (Phi) is 6.61. The fourth-order valence-electron chi connectivity index (χ4n) is 5.13. The number of carbonyl (C=O) groups is 2. The van der Waals surface area contributed by atoms with Crippen molar-refractivity contribution in [2.75, 3.05) is 26.7 Å². The monoisotopic (exact) mass is 517 g/mol. The minimum atomic E-state index is -4.97. The van der Waals surface area contributed by atoms with Crippen molar-refractivity contribution in [3.63, 3.8) is 0 Å². The van der Waals surface area contributed by atoms with E-state index in [0.717, 1.165) is 0 Å². The summed E-state index contributed by atoms with van der Waals surface area (Å²) in [4.78, 5) is 28.7. The first-order chi connectivity index (χ1) is 16.7. The van der Waals surface area contributed by atoms with Crippen LogP contribution in [0.3, 0.4) is 0 Å². The van der Waals surface area contributed by atoms with Crippen molar-refractivity contribution >= 4 is 11.7 Å². The number of likely N-dealkylation sites (N-methyl/N-ethyl adjacent to an activating group) is 1. The number of nitrogens with zero attached hydrogens (tertiary/aromatic N) is 3. The van der Waals surface area contributed by atoms with Crippen molar-refractivity contribution in [1.82, 2.24) is 14.4 Å². The topological polar surface area (TPSA) is 54.8 Å². The van der Waals surface area contributed by atoms with Crippen LogP contribution in [0.2, 0.25) is 0 Å². The average Bonchev–Trinajstić information content (AvgIpc) is 3.24. The molecule has 0 unspecified atom stereocenters. The molecule has 0 saturated carbocycles. The minimum Gasteiger partial charge on any atom is -0.484 e. The van der Waals surface area contributed by atoms with E-state index in [1.165, 1.54) is 34.9 Å². The van der Waals surface area contributed by atoms with Gasteiger partial charge in [0.15, 0.2) is 6.61 Å². The fraction of sp³-hybridized carbons (Fsp3) is 0.500. The molecular formula is C24H25F6N3O3. The number of alkyl halides is 6. The van der Waals surface area contributed by atoms with Gasteiger partial charge in [-0.1, -0.05) is 0 Å². The number of ether oxygens (including phenoxy) is 1. The number of fused-ring (bicyclic) bond motifs is 2. The van der Waals surface area contributed by atoms with Gasteiger partial charge < -0.3 is 14.2 Å². The number of ketones is 1. The Morgan fingerprint density at radius 2 is 1.61 bits per heavy atom. The molecule has 0 N–H and O–H groups in total. The zero-order valence-corrected chi connectivity index (χ0v) is 19.6. The summed E-state index contributed by atoms with van der Waals surface area (Å²) in [5.41, 5.74) is -0.123. The molecule has 0 bridgehead atoms. The van der Waals surface area contributed by atoms with E-state index in [0.29, 0.717) is 31.6 Å². The van der Waals surface area contributed by atoms with E-state index in [9.17, 15) is 35.9 Å². The number of Topliss-reactive ketones (excluding diaryl/α,β-unsaturated/α-hetero) is 1. The average molecular weight is 517 g/mol. The highest BCUT2D eigenvalue weighted by atomic mass is 19.4. The molecule has 1 spiro atoms. The number of hydrogen-bond donors (Lipinski definition) is 0. The maximum absolute atomic E-state index is 13.1. The molecule has 6 nitrogen and oxygen atoms in total. The van der Waals surface area contributed by atoms with Crippen molar-refractivity contribution in [3.8, 4) is 5.75 Å². The minimum absolute atomic E-state index is 0.00994. The van der Waals surface area contributed by atoms with E-state index in [2.05, 4.69) is 9.64 Å². The summed E-state index contributed by atoms with van der Waals surface area (Å²) >= 11 is 0. The Labute approximate surface area is 203 Å². The number of likely N-dealkylation sites (tertiary alicyclic amines) is 1. The fourth-order valence-corrected chi connectivity index (χ4v) is 5.13. The van der Waals surface area contributed by atoms with Crippen molar-refractivity contribution in [3.05, 3.63) is 53.3 Å². The van der Waals surface area contributed by atoms with Gasteiger partial charge in [0.25, 0.3) is 11.7 Å². The number of halogens is 6. The first kappa shape index (κ1) is 26.1. The Morgan fingerprint density at radius 3 is 2.17 bits per heavy atom. The summed E-state index contributed by atoms with van der Waals surface area (Å²) in [6.07, 6.45) is -8.56. The summed E-state index contributed by atoms with van der Waals surface area (Å²) in [6.45, 7) is 1.32. The second kappa shape index (κ2) is 9.13. The maximum Gasteiger partial charge on any atom is 0.456 e. The number of carbonyl (C=O) groups excluding carboxylic acids is 2. The number of amides is 1. The zero-order chi connectivity index (χ0) is 26.5. The van der Waals surface area contributed by atoms with Crippen LogP contribution in [0.15, 0.2) is 36.4 Å². The van der Waals surface area contributed by atoms with E-state index in [4.69, 9.17) is 0 Å². The molecule has 1 amide bonds. The van der Waals surface area contributed by atoms with E-state index in [-0.39, 0.29) is 35.5 Å². The van der Waals surface area contributed by atoms with Crippen LogP contribution >= 0.6 is 0 Å². The normalized spacial score (nSPS) is 20.3. The molecular weight excluding hydrogens is 492 g/mol. The van der Waals surface area contributed by atoms with Crippen LogP contribution in [-0.2, 0) is 12.1 Å². The lowest BCUT2D eigenvalue weighted by Crippen LogP contribution is -2.59. The number of hydrogen-bond acceptors (Lipinski definition) is 4. The van der Waals surface area contributed by atoms with Crippen LogP contribution < -0.4 is 4.74 Å². The number of benzene rings is 1. The molecule has 3 heterocycles. The van der Waals surface area contributed by atoms with Gasteiger partial charge in [0.2, 0.25) is 0 Å². The van der Waals surface area contributed by atoms with Gasteiger partial charge in [-0.25, -0.2) is 0 Å². The predicted octanol–water partition coefficient (Wildman–Crippen LogP) is 4.64. The molecule has 0 aliphatic carbocycles. The Balaban J connectivity index is 1.50. The lowest BCUT2D eigenvalue weighted by molar-refractivity contribution is -0.153. The molecule has 4 rings (SSSR count). The van der Waals surface area contributed by atoms with Crippen molar-refractivity contribution < 1.29 is 40.7 Å². The second-order valence-corrected chi connectivity index (χ2v) is 9.25. The lowest BCUT2D eigenvalue weighted by atomic mass is 9.80. The highest BCUT2D eigenvalue weighted by Gasteiger charge is 2.49. The van der Waals surface area contributed by atoms with Gasteiger partial charge in [0, 0.05) is 36.9 Å². The van der Waals surface area contributed by atoms with Crippen molar-refractivity contribution in [2.45, 2.75) is 50.2 Å². The summed E-state index contributed by atoms with van der Waals surface area (Å²) < 4.78 is 82.5. The van der Waals surface area contributed by atoms with Crippen LogP contribution in [0.5, 0.6) is 5.75 Å². The summed E-state index contributed by atoms with van der Waals surface area (Å²) in [7, 11) is 1.89. The van der Waals surface area contributed by atoms with Crippen LogP contribution in [0.4, 0.5) is 26.3 Å². The third-order valence-corrected chi connectivity index (χ3v) is 7.11. The molecule has 196 valence electrons. The van der Waals surface area contributed by atoms with Gasteiger partial charge in [-0.15, -0.1) is 0 Å². The molecule has 1 aromatic heterocycles. The highest BCUT2D eigenvalue weighted by molar-refractivity contribution is 5.99. The van der Waals surface area contributed by atoms with E-state index < -0.39 is 30.3 Å². The smallest absolute Gasteiger partial charge is 0.456 e. The Bertz CT molecular complexity index is 1130. The van der Waals surface area contributed by atoms with Gasteiger partial charge in [-0.2, -0.15) is 26.3 Å². The van der Waals surface area contributed by atoms with E-state index >= 15 is 0 Å². The molecule has 2 aliphatic heterocycles. The van der Waals surface area contributed by atoms with Crippen LogP contribution in [-0.4, -0.2) is 71.2 Å². The van der Waals surface area contributed by atoms with E-state index in [1.54, 1.807) is 11.0 Å². The standard InChI is InChI=1S/C24H25F6N3O3/c1-15-13-33-18(20(34)24(28,29)30)7-8-19(33)22(31(15)2)9-11-32(12-10-22)21(35)16-3-5-17(6-4-16)36-14-23(25,26)27/h3-8,15H,9-14H2,1-2H3/t15-/m0/s1. The van der Waals surface area contributed by atoms with Crippen LogP contribution in [0.1, 0.15) is 46.3 Å². The van der Waals surface area contributed by atoms with Crippen LogP contribution in [0, 0.1) is 0 Å². The van der Waals surface area contributed by atoms with Crippen LogP contribution in [0.25, 0.3) is 0 Å². The lowest BCUT2D eigenvalue weighted by Gasteiger charge is -2.53. The Morgan fingerprint density at radius 1 is 1.00 bits per heavy atom. The molecule has 36 heavy (non-hydrogen) atoms. The molecule has 1 fully saturated rings. The number of aromatic nitrogens is 1. The molecule has 1 atom stereocenters. The first-order valence-electron chi connectivity index (χ1n) is 11.4. The molecule has 0 radical (unpaired) electrons. The number of piperidine rings is 1. The molecule has 2 aliphatic rings. The van der Waals surface area contributed by atoms with Gasteiger partial charge in [0.1, 0.15) is 5.75 Å². The van der Waals surface area contributed by atoms with Crippen molar-refractivity contribution in [2.24, 2.45) is 0 Å². The molecule has 1 saturated heterocycles. The summed E-state index contributed by atoms with van der Waals surface area (Å²) in [6, 6.07) is 8.04. The predicted molar refractivity (Wildman–Crippen MR) is 117 cm³/mol. The van der Waals surface area contributed by atoms with Gasteiger partial charge in [-0.05, 0) is 63.2 Å². The zero-order valence-electron chi connectivity index (χ0n) is 19.6. The largest absolute Gasteiger partial charge is 0.484 e. The van der Waals surface area contributed by atoms with Gasteiger partial charge in [-0.3, -0.25) is 14.5 Å². The SMILES string of the molecule is C[C@H]1Cn2c(C(=O)C(F)(F)F)ccc2C2(CCN(C(=O)c3ccc(OCC(F)(F)F)cc3)CC2)N1C. The van der Waals surface area contributed by atoms with Crippen molar-refractivity contribution in [1.29, 1.82) is 0 Å². The molecule has 12 heteroatoms. The summed E-state index contributed by atoms with van der Waals surface area (Å²) in [5, 5.41) is 0. The Hall–Kier alpha value is -3.02. The maximum atomic E-state index is 13.1. The summed E-state index contributed by atoms with van der Waals surface area (Å²) in [5.74, 6) is -2.19. The molecule has 1 aromatic carbocycles. The van der Waals surface area contributed by atoms with E-state index in [1.807, 2.05) is 14.0 Å². The second-order valence-electron chi connectivity index (χ2n) is 9.25. The number of rotatable bonds is 4. The first-order valence-corrected chi connectivity index (χ1v) is 11.4. The van der Waals surface area contributed by atoms with Gasteiger partial charge >= 0.3 is 12.4 Å².